The van der Waals surface area contributed by atoms with Crippen LogP contribution in [-0.4, -0.2) is 40.6 Å². The number of amides is 1. The lowest BCUT2D eigenvalue weighted by Crippen LogP contribution is -2.35. The van der Waals surface area contributed by atoms with E-state index in [1.807, 2.05) is 0 Å². The highest BCUT2D eigenvalue weighted by Gasteiger charge is 2.33. The summed E-state index contributed by atoms with van der Waals surface area (Å²) < 4.78 is 42.4. The first-order chi connectivity index (χ1) is 16.2. The molecule has 3 N–H and O–H groups in total. The lowest BCUT2D eigenvalue weighted by molar-refractivity contribution is -0.137. The Labute approximate surface area is 185 Å². The van der Waals surface area contributed by atoms with E-state index in [1.54, 1.807) is 12.1 Å². The number of para-hydroxylation sites is 1. The van der Waals surface area contributed by atoms with Crippen LogP contribution in [0, 0.1) is 0 Å². The molecule has 0 spiro atoms. The number of hydrogen-bond donors (Lipinski definition) is 3. The highest BCUT2D eigenvalue weighted by atomic mass is 19.4. The number of benzene rings is 2. The third kappa shape index (κ3) is 3.23. The number of nitrogens with one attached hydrogen (secondary N) is 3. The molecule has 0 aliphatic carbocycles. The molecule has 0 unspecified atom stereocenters. The normalized spacial score (nSPS) is 11.9. The molecule has 0 saturated carbocycles. The molecular formula is C20H13F3N8O3. The first-order valence-corrected chi connectivity index (χ1v) is 9.65. The lowest BCUT2D eigenvalue weighted by Gasteiger charge is -2.10. The van der Waals surface area contributed by atoms with Crippen molar-refractivity contribution in [3.63, 3.8) is 0 Å². The maximum absolute atomic E-state index is 13.5. The molecule has 1 amide bonds. The maximum Gasteiger partial charge on any atom is 0.416 e. The van der Waals surface area contributed by atoms with Gasteiger partial charge >= 0.3 is 11.9 Å². The van der Waals surface area contributed by atoms with Gasteiger partial charge in [0.25, 0.3) is 17.4 Å². The van der Waals surface area contributed by atoms with Crippen molar-refractivity contribution in [1.82, 2.24) is 34.7 Å². The Kier molecular flexibility index (Phi) is 4.59. The summed E-state index contributed by atoms with van der Waals surface area (Å²) in [5.41, 5.74) is -2.91. The monoisotopic (exact) mass is 470 g/mol. The second kappa shape index (κ2) is 7.40. The molecule has 14 heteroatoms. The quantitative estimate of drug-likeness (QED) is 0.368. The Morgan fingerprint density at radius 3 is 2.56 bits per heavy atom. The third-order valence-electron chi connectivity index (χ3n) is 5.31. The van der Waals surface area contributed by atoms with Crippen LogP contribution in [0.1, 0.15) is 16.1 Å². The van der Waals surface area contributed by atoms with Crippen molar-refractivity contribution in [2.45, 2.75) is 6.18 Å². The van der Waals surface area contributed by atoms with Crippen LogP contribution in [-0.2, 0) is 13.2 Å². The van der Waals surface area contributed by atoms with Crippen molar-refractivity contribution in [1.29, 1.82) is 0 Å². The van der Waals surface area contributed by atoms with Crippen LogP contribution < -0.4 is 16.6 Å². The van der Waals surface area contributed by atoms with Crippen LogP contribution in [0.25, 0.3) is 27.5 Å². The highest BCUT2D eigenvalue weighted by Crippen LogP contribution is 2.35. The van der Waals surface area contributed by atoms with Gasteiger partial charge in [-0.2, -0.15) is 18.4 Å². The number of rotatable bonds is 3. The van der Waals surface area contributed by atoms with E-state index in [4.69, 9.17) is 0 Å². The molecule has 5 aromatic rings. The van der Waals surface area contributed by atoms with Gasteiger partial charge in [0.05, 0.1) is 27.7 Å². The van der Waals surface area contributed by atoms with Crippen molar-refractivity contribution in [3.05, 3.63) is 74.6 Å². The van der Waals surface area contributed by atoms with E-state index < -0.39 is 28.9 Å². The lowest BCUT2D eigenvalue weighted by atomic mass is 10.1. The highest BCUT2D eigenvalue weighted by molar-refractivity contribution is 6.11. The Bertz CT molecular complexity index is 1700. The van der Waals surface area contributed by atoms with Gasteiger partial charge in [0.15, 0.2) is 0 Å². The van der Waals surface area contributed by atoms with Gasteiger partial charge < -0.3 is 9.55 Å². The van der Waals surface area contributed by atoms with E-state index in [0.29, 0.717) is 4.57 Å². The molecule has 0 aliphatic heterocycles. The number of nitrogens with zero attached hydrogens (tertiary/aromatic N) is 5. The zero-order valence-corrected chi connectivity index (χ0v) is 17.1. The topological polar surface area (TPSA) is 143 Å². The molecule has 3 heterocycles. The van der Waals surface area contributed by atoms with Gasteiger partial charge in [-0.3, -0.25) is 14.9 Å². The number of halogens is 3. The van der Waals surface area contributed by atoms with Gasteiger partial charge in [-0.1, -0.05) is 17.2 Å². The maximum atomic E-state index is 13.5. The molecule has 0 radical (unpaired) electrons. The fourth-order valence-corrected chi connectivity index (χ4v) is 3.83. The van der Waals surface area contributed by atoms with Gasteiger partial charge in [-0.25, -0.2) is 9.36 Å². The Balaban J connectivity index is 1.89. The molecule has 0 atom stereocenters. The summed E-state index contributed by atoms with van der Waals surface area (Å²) in [6.07, 6.45) is -4.70. The second-order valence-electron chi connectivity index (χ2n) is 7.29. The largest absolute Gasteiger partial charge is 0.416 e. The number of tetrazole rings is 1. The number of carbonyl (C=O) groups excluding carboxylic acids is 1. The summed E-state index contributed by atoms with van der Waals surface area (Å²) in [5.74, 6) is -1.08. The van der Waals surface area contributed by atoms with Gasteiger partial charge in [0, 0.05) is 12.4 Å². The number of H-pyrrole nitrogens is 2. The first-order valence-electron chi connectivity index (χ1n) is 9.65. The van der Waals surface area contributed by atoms with Crippen LogP contribution in [0.15, 0.2) is 52.1 Å². The fourth-order valence-electron chi connectivity index (χ4n) is 3.83. The van der Waals surface area contributed by atoms with E-state index in [0.717, 1.165) is 18.2 Å². The number of carbonyl (C=O) groups is 1. The molecule has 11 nitrogen and oxygen atoms in total. The SMILES string of the molecule is Cn1c(C(=O)Nc2nn[nH]n2)c(-n2c(=O)[nH]c3ccccc3c2=O)c2cc(C(F)(F)F)ccc21. The molecule has 5 rings (SSSR count). The molecule has 0 aliphatic rings. The van der Waals surface area contributed by atoms with E-state index >= 15 is 0 Å². The predicted molar refractivity (Wildman–Crippen MR) is 114 cm³/mol. The zero-order chi connectivity index (χ0) is 24.2. The van der Waals surface area contributed by atoms with Crippen LogP contribution in [0.2, 0.25) is 0 Å². The van der Waals surface area contributed by atoms with Gasteiger partial charge in [0.2, 0.25) is 0 Å². The summed E-state index contributed by atoms with van der Waals surface area (Å²) in [5, 5.41) is 15.0. The first kappa shape index (κ1) is 21.1. The Morgan fingerprint density at radius 1 is 1.09 bits per heavy atom. The number of aryl methyl sites for hydroxylation is 1. The Hall–Kier alpha value is -4.75. The minimum Gasteiger partial charge on any atom is -0.338 e. The number of aromatic nitrogens is 7. The number of anilines is 1. The molecule has 3 aromatic heterocycles. The summed E-state index contributed by atoms with van der Waals surface area (Å²) >= 11 is 0. The number of alkyl halides is 3. The van der Waals surface area contributed by atoms with Crippen molar-refractivity contribution in [3.8, 4) is 5.69 Å². The van der Waals surface area contributed by atoms with E-state index in [9.17, 15) is 27.6 Å². The zero-order valence-electron chi connectivity index (χ0n) is 17.1. The Morgan fingerprint density at radius 2 is 1.85 bits per heavy atom. The van der Waals surface area contributed by atoms with Crippen molar-refractivity contribution in [2.24, 2.45) is 7.05 Å². The number of aromatic amines is 2. The average Bonchev–Trinajstić information content (AvgIpc) is 3.39. The van der Waals surface area contributed by atoms with Crippen LogP contribution in [0.3, 0.4) is 0 Å². The van der Waals surface area contributed by atoms with E-state index in [2.05, 4.69) is 30.9 Å². The standard InChI is InChI=1S/C20H13F3N8O3/c1-30-13-7-6-9(20(21,22)23)8-11(13)14(15(30)16(32)25-18-26-28-29-27-18)31-17(33)10-4-2-3-5-12(10)24-19(31)34/h2-8H,1H3,(H,24,34)(H2,25,26,27,28,29,32). The molecule has 2 aromatic carbocycles. The van der Waals surface area contributed by atoms with Crippen LogP contribution in [0.4, 0.5) is 19.1 Å². The summed E-state index contributed by atoms with van der Waals surface area (Å²) in [7, 11) is 1.42. The van der Waals surface area contributed by atoms with Crippen molar-refractivity contribution < 1.29 is 18.0 Å². The van der Waals surface area contributed by atoms with Gasteiger partial charge in [-0.05, 0) is 35.5 Å². The van der Waals surface area contributed by atoms with Gasteiger partial charge in [0.1, 0.15) is 5.69 Å². The number of hydrogen-bond acceptors (Lipinski definition) is 6. The van der Waals surface area contributed by atoms with Crippen LogP contribution >= 0.6 is 0 Å². The molecular weight excluding hydrogens is 457 g/mol. The van der Waals surface area contributed by atoms with Crippen molar-refractivity contribution >= 4 is 33.7 Å². The van der Waals surface area contributed by atoms with Gasteiger partial charge in [-0.15, -0.1) is 5.10 Å². The third-order valence-corrected chi connectivity index (χ3v) is 5.31. The van der Waals surface area contributed by atoms with Crippen molar-refractivity contribution in [2.75, 3.05) is 5.32 Å². The molecule has 34 heavy (non-hydrogen) atoms. The average molecular weight is 470 g/mol. The minimum absolute atomic E-state index is 0.107. The smallest absolute Gasteiger partial charge is 0.338 e. The summed E-state index contributed by atoms with van der Waals surface area (Å²) in [6.45, 7) is 0. The molecule has 172 valence electrons. The molecule has 0 bridgehead atoms. The molecule has 0 fully saturated rings. The van der Waals surface area contributed by atoms with Crippen LogP contribution in [0.5, 0.6) is 0 Å². The van der Waals surface area contributed by atoms with E-state index in [1.165, 1.54) is 23.7 Å². The minimum atomic E-state index is -4.70. The summed E-state index contributed by atoms with van der Waals surface area (Å²) in [6, 6.07) is 8.94. The second-order valence-corrected chi connectivity index (χ2v) is 7.29. The fraction of sp³-hybridized carbons (Fsp3) is 0.100. The van der Waals surface area contributed by atoms with E-state index in [-0.39, 0.29) is 39.1 Å². The number of fused-ring (bicyclic) bond motifs is 2. The summed E-state index contributed by atoms with van der Waals surface area (Å²) in [4.78, 5) is 42.0. The molecule has 0 saturated heterocycles. The predicted octanol–water partition coefficient (Wildman–Crippen LogP) is 1.95.